The van der Waals surface area contributed by atoms with E-state index in [1.807, 2.05) is 66.1 Å². The summed E-state index contributed by atoms with van der Waals surface area (Å²) in [7, 11) is 0. The van der Waals surface area contributed by atoms with Gasteiger partial charge in [0.2, 0.25) is 0 Å². The van der Waals surface area contributed by atoms with E-state index in [9.17, 15) is 4.79 Å². The second-order valence-electron chi connectivity index (χ2n) is 6.82. The molecule has 0 aliphatic rings. The van der Waals surface area contributed by atoms with Gasteiger partial charge in [0.05, 0.1) is 5.52 Å². The fourth-order valence-corrected chi connectivity index (χ4v) is 3.35. The molecule has 0 bridgehead atoms. The maximum absolute atomic E-state index is 12.9. The van der Waals surface area contributed by atoms with Crippen LogP contribution in [0.4, 0.5) is 0 Å². The van der Waals surface area contributed by atoms with Crippen molar-refractivity contribution in [3.63, 3.8) is 0 Å². The largest absolute Gasteiger partial charge is 0.460 e. The first kappa shape index (κ1) is 17.2. The standard InChI is InChI=1S/C23H22N2O2/c1-16-8-6-7-11-19(16)15-25-20-12-17(2)27-22(20)13-21(25)23(26)24-14-18-9-4-3-5-10-18/h3-13H,14-15H2,1-2H3,(H,24,26). The van der Waals surface area contributed by atoms with Crippen LogP contribution in [0.25, 0.3) is 11.1 Å². The van der Waals surface area contributed by atoms with Crippen LogP contribution in [-0.2, 0) is 13.1 Å². The van der Waals surface area contributed by atoms with Crippen molar-refractivity contribution in [3.05, 3.63) is 94.9 Å². The fraction of sp³-hybridized carbons (Fsp3) is 0.174. The summed E-state index contributed by atoms with van der Waals surface area (Å²) in [5, 5.41) is 3.02. The fourth-order valence-electron chi connectivity index (χ4n) is 3.35. The average Bonchev–Trinajstić information content (AvgIpc) is 3.19. The Morgan fingerprint density at radius 3 is 2.52 bits per heavy atom. The third-order valence-corrected chi connectivity index (χ3v) is 4.83. The van der Waals surface area contributed by atoms with E-state index >= 15 is 0 Å². The second-order valence-corrected chi connectivity index (χ2v) is 6.82. The van der Waals surface area contributed by atoms with Gasteiger partial charge in [-0.25, -0.2) is 0 Å². The zero-order chi connectivity index (χ0) is 18.8. The Morgan fingerprint density at radius 2 is 1.74 bits per heavy atom. The van der Waals surface area contributed by atoms with Gasteiger partial charge in [0.15, 0.2) is 5.58 Å². The number of nitrogens with zero attached hydrogens (tertiary/aromatic N) is 1. The van der Waals surface area contributed by atoms with Crippen LogP contribution in [-0.4, -0.2) is 10.5 Å². The summed E-state index contributed by atoms with van der Waals surface area (Å²) in [6.07, 6.45) is 0. The number of furan rings is 1. The summed E-state index contributed by atoms with van der Waals surface area (Å²) in [6.45, 7) is 5.14. The molecule has 0 spiro atoms. The number of aryl methyl sites for hydroxylation is 2. The van der Waals surface area contributed by atoms with Crippen LogP contribution in [0.15, 0.2) is 71.1 Å². The van der Waals surface area contributed by atoms with Crippen LogP contribution in [0.1, 0.15) is 32.9 Å². The number of aromatic nitrogens is 1. The van der Waals surface area contributed by atoms with Crippen LogP contribution in [0.3, 0.4) is 0 Å². The Morgan fingerprint density at radius 1 is 1.00 bits per heavy atom. The summed E-state index contributed by atoms with van der Waals surface area (Å²) < 4.78 is 7.81. The predicted molar refractivity (Wildman–Crippen MR) is 107 cm³/mol. The van der Waals surface area contributed by atoms with Gasteiger partial charge in [-0.15, -0.1) is 0 Å². The summed E-state index contributed by atoms with van der Waals surface area (Å²) in [6, 6.07) is 22.0. The van der Waals surface area contributed by atoms with Crippen LogP contribution in [0.5, 0.6) is 0 Å². The lowest BCUT2D eigenvalue weighted by atomic mass is 10.1. The molecule has 0 aliphatic carbocycles. The Hall–Kier alpha value is -3.27. The Kier molecular flexibility index (Phi) is 4.55. The monoisotopic (exact) mass is 358 g/mol. The van der Waals surface area contributed by atoms with Crippen LogP contribution >= 0.6 is 0 Å². The summed E-state index contributed by atoms with van der Waals surface area (Å²) in [5.41, 5.74) is 5.76. The highest BCUT2D eigenvalue weighted by Crippen LogP contribution is 2.25. The van der Waals surface area contributed by atoms with Gasteiger partial charge < -0.3 is 14.3 Å². The maximum atomic E-state index is 12.9. The summed E-state index contributed by atoms with van der Waals surface area (Å²) >= 11 is 0. The zero-order valence-electron chi connectivity index (χ0n) is 15.5. The van der Waals surface area contributed by atoms with Gasteiger partial charge >= 0.3 is 0 Å². The minimum absolute atomic E-state index is 0.100. The minimum atomic E-state index is -0.100. The van der Waals surface area contributed by atoms with Gasteiger partial charge in [-0.2, -0.15) is 0 Å². The number of amides is 1. The van der Waals surface area contributed by atoms with E-state index < -0.39 is 0 Å². The van der Waals surface area contributed by atoms with Crippen LogP contribution < -0.4 is 5.32 Å². The first-order valence-electron chi connectivity index (χ1n) is 9.08. The third-order valence-electron chi connectivity index (χ3n) is 4.83. The highest BCUT2D eigenvalue weighted by atomic mass is 16.3. The molecule has 2 aromatic carbocycles. The minimum Gasteiger partial charge on any atom is -0.460 e. The predicted octanol–water partition coefficient (Wildman–Crippen LogP) is 4.83. The number of carbonyl (C=O) groups is 1. The van der Waals surface area contributed by atoms with Crippen molar-refractivity contribution in [2.75, 3.05) is 0 Å². The van der Waals surface area contributed by atoms with Crippen LogP contribution in [0.2, 0.25) is 0 Å². The van der Waals surface area contributed by atoms with E-state index in [0.717, 1.165) is 22.4 Å². The van der Waals surface area contributed by atoms with Crippen molar-refractivity contribution in [3.8, 4) is 0 Å². The molecule has 2 aromatic heterocycles. The van der Waals surface area contributed by atoms with Gasteiger partial charge in [-0.05, 0) is 30.5 Å². The number of fused-ring (bicyclic) bond motifs is 1. The highest BCUT2D eigenvalue weighted by Gasteiger charge is 2.19. The normalized spacial score (nSPS) is 11.0. The van der Waals surface area contributed by atoms with Crippen molar-refractivity contribution in [1.82, 2.24) is 9.88 Å². The molecule has 0 saturated heterocycles. The maximum Gasteiger partial charge on any atom is 0.268 e. The van der Waals surface area contributed by atoms with E-state index in [2.05, 4.69) is 24.4 Å². The average molecular weight is 358 g/mol. The zero-order valence-corrected chi connectivity index (χ0v) is 15.5. The molecule has 4 rings (SSSR count). The molecule has 0 aliphatic heterocycles. The molecule has 1 amide bonds. The molecule has 2 heterocycles. The molecule has 0 atom stereocenters. The highest BCUT2D eigenvalue weighted by molar-refractivity contribution is 5.97. The first-order valence-corrected chi connectivity index (χ1v) is 9.08. The molecule has 1 N–H and O–H groups in total. The van der Waals surface area contributed by atoms with E-state index in [-0.39, 0.29) is 5.91 Å². The van der Waals surface area contributed by atoms with Crippen molar-refractivity contribution >= 4 is 17.0 Å². The van der Waals surface area contributed by atoms with Crippen molar-refractivity contribution in [2.45, 2.75) is 26.9 Å². The molecule has 0 unspecified atom stereocenters. The van der Waals surface area contributed by atoms with Gasteiger partial charge in [0, 0.05) is 25.2 Å². The molecular weight excluding hydrogens is 336 g/mol. The quantitative estimate of drug-likeness (QED) is 0.555. The molecule has 136 valence electrons. The topological polar surface area (TPSA) is 47.2 Å². The summed E-state index contributed by atoms with van der Waals surface area (Å²) in [4.78, 5) is 12.9. The SMILES string of the molecule is Cc1cc2c(cc(C(=O)NCc3ccccc3)n2Cc2ccccc2C)o1. The Labute approximate surface area is 158 Å². The Balaban J connectivity index is 1.66. The van der Waals surface area contributed by atoms with Gasteiger partial charge in [0.25, 0.3) is 5.91 Å². The number of rotatable bonds is 5. The van der Waals surface area contributed by atoms with E-state index in [1.54, 1.807) is 0 Å². The van der Waals surface area contributed by atoms with Crippen LogP contribution in [0, 0.1) is 13.8 Å². The van der Waals surface area contributed by atoms with Crippen molar-refractivity contribution in [2.24, 2.45) is 0 Å². The lowest BCUT2D eigenvalue weighted by Crippen LogP contribution is -2.25. The van der Waals surface area contributed by atoms with E-state index in [0.29, 0.717) is 18.8 Å². The van der Waals surface area contributed by atoms with E-state index in [1.165, 1.54) is 11.1 Å². The molecule has 4 nitrogen and oxygen atoms in total. The molecular formula is C23H22N2O2. The number of hydrogen-bond acceptors (Lipinski definition) is 2. The van der Waals surface area contributed by atoms with E-state index in [4.69, 9.17) is 4.42 Å². The van der Waals surface area contributed by atoms with Crippen molar-refractivity contribution < 1.29 is 9.21 Å². The smallest absolute Gasteiger partial charge is 0.268 e. The molecule has 0 radical (unpaired) electrons. The van der Waals surface area contributed by atoms with Gasteiger partial charge in [-0.1, -0.05) is 54.6 Å². The molecule has 0 saturated carbocycles. The number of carbonyl (C=O) groups excluding carboxylic acids is 1. The number of hydrogen-bond donors (Lipinski definition) is 1. The first-order chi connectivity index (χ1) is 13.1. The molecule has 4 aromatic rings. The lowest BCUT2D eigenvalue weighted by Gasteiger charge is -2.12. The van der Waals surface area contributed by atoms with Gasteiger partial charge in [0.1, 0.15) is 11.5 Å². The third kappa shape index (κ3) is 3.51. The molecule has 0 fully saturated rings. The molecule has 4 heteroatoms. The Bertz CT molecular complexity index is 1090. The van der Waals surface area contributed by atoms with Crippen molar-refractivity contribution in [1.29, 1.82) is 0 Å². The number of benzene rings is 2. The van der Waals surface area contributed by atoms with Gasteiger partial charge in [-0.3, -0.25) is 4.79 Å². The lowest BCUT2D eigenvalue weighted by molar-refractivity contribution is 0.0942. The number of nitrogens with one attached hydrogen (secondary N) is 1. The summed E-state index contributed by atoms with van der Waals surface area (Å²) in [5.74, 6) is 0.742. The molecule has 27 heavy (non-hydrogen) atoms. The second kappa shape index (κ2) is 7.16.